The van der Waals surface area contributed by atoms with Crippen LogP contribution in [0.2, 0.25) is 5.02 Å². The number of rotatable bonds is 6. The summed E-state index contributed by atoms with van der Waals surface area (Å²) in [5.41, 5.74) is 0.997. The van der Waals surface area contributed by atoms with E-state index in [1.807, 2.05) is 38.1 Å². The van der Waals surface area contributed by atoms with Crippen LogP contribution in [0.15, 0.2) is 24.3 Å². The smallest absolute Gasteiger partial charge is 0.315 e. The topological polar surface area (TPSA) is 70.6 Å². The second-order valence-electron chi connectivity index (χ2n) is 6.05. The quantitative estimate of drug-likeness (QED) is 0.745. The van der Waals surface area contributed by atoms with Crippen molar-refractivity contribution in [3.63, 3.8) is 0 Å². The summed E-state index contributed by atoms with van der Waals surface area (Å²) in [6.45, 7) is 4.83. The SMILES string of the molecule is CCC(C)C(O)CNC(=O)NC1CCOC1c1ccc(Cl)cc1. The molecule has 1 heterocycles. The van der Waals surface area contributed by atoms with Crippen LogP contribution in [0.1, 0.15) is 38.4 Å². The van der Waals surface area contributed by atoms with Crippen LogP contribution in [-0.2, 0) is 4.74 Å². The van der Waals surface area contributed by atoms with E-state index < -0.39 is 6.10 Å². The molecular weight excluding hydrogens is 316 g/mol. The van der Waals surface area contributed by atoms with E-state index in [0.717, 1.165) is 18.4 Å². The molecular formula is C17H25ClN2O3. The molecule has 5 nitrogen and oxygen atoms in total. The predicted molar refractivity (Wildman–Crippen MR) is 90.5 cm³/mol. The molecule has 1 aliphatic heterocycles. The van der Waals surface area contributed by atoms with Crippen LogP contribution in [0.4, 0.5) is 4.79 Å². The number of urea groups is 1. The first-order valence-corrected chi connectivity index (χ1v) is 8.48. The highest BCUT2D eigenvalue weighted by Crippen LogP contribution is 2.29. The molecule has 1 fully saturated rings. The number of aliphatic hydroxyl groups is 1. The summed E-state index contributed by atoms with van der Waals surface area (Å²) in [5.74, 6) is 0.159. The van der Waals surface area contributed by atoms with E-state index >= 15 is 0 Å². The molecule has 1 aliphatic rings. The molecule has 0 bridgehead atoms. The van der Waals surface area contributed by atoms with Gasteiger partial charge in [-0.05, 0) is 30.0 Å². The molecule has 0 radical (unpaired) electrons. The van der Waals surface area contributed by atoms with E-state index in [1.54, 1.807) is 0 Å². The Bertz CT molecular complexity index is 509. The van der Waals surface area contributed by atoms with Gasteiger partial charge in [0, 0.05) is 18.2 Å². The first-order chi connectivity index (χ1) is 11.0. The summed E-state index contributed by atoms with van der Waals surface area (Å²) in [5, 5.41) is 16.2. The van der Waals surface area contributed by atoms with Gasteiger partial charge in [0.2, 0.25) is 0 Å². The van der Waals surface area contributed by atoms with Gasteiger partial charge in [-0.15, -0.1) is 0 Å². The van der Waals surface area contributed by atoms with Crippen LogP contribution >= 0.6 is 11.6 Å². The van der Waals surface area contributed by atoms with Crippen LogP contribution in [0.25, 0.3) is 0 Å². The summed E-state index contributed by atoms with van der Waals surface area (Å²) in [6, 6.07) is 7.10. The Morgan fingerprint density at radius 3 is 2.78 bits per heavy atom. The average Bonchev–Trinajstić information content (AvgIpc) is 3.00. The number of amides is 2. The maximum atomic E-state index is 12.0. The molecule has 2 rings (SSSR count). The maximum absolute atomic E-state index is 12.0. The lowest BCUT2D eigenvalue weighted by Gasteiger charge is -2.22. The van der Waals surface area contributed by atoms with Crippen molar-refractivity contribution in [1.82, 2.24) is 10.6 Å². The van der Waals surface area contributed by atoms with Gasteiger partial charge in [-0.25, -0.2) is 4.79 Å². The number of ether oxygens (including phenoxy) is 1. The fourth-order valence-electron chi connectivity index (χ4n) is 2.61. The van der Waals surface area contributed by atoms with Crippen molar-refractivity contribution in [1.29, 1.82) is 0 Å². The molecule has 4 unspecified atom stereocenters. The summed E-state index contributed by atoms with van der Waals surface area (Å²) < 4.78 is 5.74. The number of nitrogens with one attached hydrogen (secondary N) is 2. The van der Waals surface area contributed by atoms with E-state index in [-0.39, 0.29) is 30.6 Å². The Balaban J connectivity index is 1.86. The fraction of sp³-hybridized carbons (Fsp3) is 0.588. The van der Waals surface area contributed by atoms with E-state index in [9.17, 15) is 9.90 Å². The third-order valence-corrected chi connectivity index (χ3v) is 4.63. The predicted octanol–water partition coefficient (Wildman–Crippen LogP) is 2.88. The molecule has 6 heteroatoms. The largest absolute Gasteiger partial charge is 0.391 e. The molecule has 128 valence electrons. The highest BCUT2D eigenvalue weighted by Gasteiger charge is 2.31. The van der Waals surface area contributed by atoms with Crippen molar-refractivity contribution >= 4 is 17.6 Å². The number of carbonyl (C=O) groups excluding carboxylic acids is 1. The van der Waals surface area contributed by atoms with Gasteiger partial charge in [0.25, 0.3) is 0 Å². The van der Waals surface area contributed by atoms with Gasteiger partial charge in [-0.3, -0.25) is 0 Å². The molecule has 1 saturated heterocycles. The van der Waals surface area contributed by atoms with Crippen molar-refractivity contribution < 1.29 is 14.6 Å². The van der Waals surface area contributed by atoms with Crippen molar-refractivity contribution in [2.75, 3.05) is 13.2 Å². The second-order valence-corrected chi connectivity index (χ2v) is 6.48. The van der Waals surface area contributed by atoms with E-state index in [1.165, 1.54) is 0 Å². The number of carbonyl (C=O) groups is 1. The van der Waals surface area contributed by atoms with Gasteiger partial charge in [0.05, 0.1) is 12.1 Å². The lowest BCUT2D eigenvalue weighted by Crippen LogP contribution is -2.46. The van der Waals surface area contributed by atoms with E-state index in [4.69, 9.17) is 16.3 Å². The van der Waals surface area contributed by atoms with Gasteiger partial charge in [0.15, 0.2) is 0 Å². The number of aliphatic hydroxyl groups excluding tert-OH is 1. The summed E-state index contributed by atoms with van der Waals surface area (Å²) in [7, 11) is 0. The summed E-state index contributed by atoms with van der Waals surface area (Å²) >= 11 is 5.90. The zero-order valence-corrected chi connectivity index (χ0v) is 14.3. The van der Waals surface area contributed by atoms with E-state index in [0.29, 0.717) is 11.6 Å². The number of hydrogen-bond donors (Lipinski definition) is 3. The van der Waals surface area contributed by atoms with E-state index in [2.05, 4.69) is 10.6 Å². The van der Waals surface area contributed by atoms with Crippen LogP contribution in [0.5, 0.6) is 0 Å². The van der Waals surface area contributed by atoms with Crippen molar-refractivity contribution in [3.8, 4) is 0 Å². The van der Waals surface area contributed by atoms with Gasteiger partial charge in [-0.1, -0.05) is 44.0 Å². The minimum Gasteiger partial charge on any atom is -0.391 e. The molecule has 23 heavy (non-hydrogen) atoms. The maximum Gasteiger partial charge on any atom is 0.315 e. The third-order valence-electron chi connectivity index (χ3n) is 4.38. The Morgan fingerprint density at radius 2 is 2.13 bits per heavy atom. The average molecular weight is 341 g/mol. The molecule has 0 aromatic heterocycles. The Hall–Kier alpha value is -1.30. The second kappa shape index (κ2) is 8.52. The lowest BCUT2D eigenvalue weighted by molar-refractivity contribution is 0.0984. The highest BCUT2D eigenvalue weighted by molar-refractivity contribution is 6.30. The minimum absolute atomic E-state index is 0.0862. The van der Waals surface area contributed by atoms with Gasteiger partial charge in [0.1, 0.15) is 6.10 Å². The van der Waals surface area contributed by atoms with Crippen molar-refractivity contribution in [2.45, 2.75) is 44.9 Å². The third kappa shape index (κ3) is 5.09. The van der Waals surface area contributed by atoms with Gasteiger partial charge in [-0.2, -0.15) is 0 Å². The molecule has 3 N–H and O–H groups in total. The summed E-state index contributed by atoms with van der Waals surface area (Å²) in [4.78, 5) is 12.0. The normalized spacial score (nSPS) is 23.3. The molecule has 1 aromatic rings. The summed E-state index contributed by atoms with van der Waals surface area (Å²) in [6.07, 6.45) is 0.934. The molecule has 0 spiro atoms. The number of halogens is 1. The first-order valence-electron chi connectivity index (χ1n) is 8.10. The Morgan fingerprint density at radius 1 is 1.43 bits per heavy atom. The molecule has 0 saturated carbocycles. The van der Waals surface area contributed by atoms with Crippen molar-refractivity contribution in [2.24, 2.45) is 5.92 Å². The molecule has 1 aromatic carbocycles. The zero-order chi connectivity index (χ0) is 16.8. The highest BCUT2D eigenvalue weighted by atomic mass is 35.5. The van der Waals surface area contributed by atoms with Crippen LogP contribution < -0.4 is 10.6 Å². The molecule has 0 aliphatic carbocycles. The van der Waals surface area contributed by atoms with Crippen LogP contribution in [0.3, 0.4) is 0 Å². The fourth-order valence-corrected chi connectivity index (χ4v) is 2.73. The minimum atomic E-state index is -0.530. The monoisotopic (exact) mass is 340 g/mol. The first kappa shape index (κ1) is 18.0. The zero-order valence-electron chi connectivity index (χ0n) is 13.6. The van der Waals surface area contributed by atoms with Crippen LogP contribution in [-0.4, -0.2) is 36.4 Å². The standard InChI is InChI=1S/C17H25ClN2O3/c1-3-11(2)15(21)10-19-17(22)20-14-8-9-23-16(14)12-4-6-13(18)7-5-12/h4-7,11,14-16,21H,3,8-10H2,1-2H3,(H2,19,20,22). The molecule has 4 atom stereocenters. The number of benzene rings is 1. The lowest BCUT2D eigenvalue weighted by atomic mass is 10.0. The van der Waals surface area contributed by atoms with Gasteiger partial charge < -0.3 is 20.5 Å². The molecule has 2 amide bonds. The number of hydrogen-bond acceptors (Lipinski definition) is 3. The Labute approximate surface area is 142 Å². The Kier molecular flexibility index (Phi) is 6.69. The van der Waals surface area contributed by atoms with Crippen LogP contribution in [0, 0.1) is 5.92 Å². The van der Waals surface area contributed by atoms with Gasteiger partial charge >= 0.3 is 6.03 Å². The van der Waals surface area contributed by atoms with Crippen molar-refractivity contribution in [3.05, 3.63) is 34.9 Å².